The summed E-state index contributed by atoms with van der Waals surface area (Å²) < 4.78 is 1.46. The minimum Gasteiger partial charge on any atom is -0.384 e. The maximum absolute atomic E-state index is 12.7. The summed E-state index contributed by atoms with van der Waals surface area (Å²) in [6.07, 6.45) is 1.59. The van der Waals surface area contributed by atoms with Gasteiger partial charge in [0, 0.05) is 34.4 Å². The van der Waals surface area contributed by atoms with Crippen LogP contribution in [0.5, 0.6) is 0 Å². The molecule has 0 aliphatic heterocycles. The number of hydrogen-bond donors (Lipinski definition) is 2. The minimum absolute atomic E-state index is 0.0120. The van der Waals surface area contributed by atoms with Crippen LogP contribution in [0.1, 0.15) is 16.7 Å². The number of aliphatic hydroxyl groups excluding tert-OH is 1. The average molecular weight is 381 g/mol. The molecular weight excluding hydrogens is 364 g/mol. The number of halogens is 1. The Bertz CT molecular complexity index is 1090. The highest BCUT2D eigenvalue weighted by Crippen LogP contribution is 2.09. The van der Waals surface area contributed by atoms with Crippen molar-refractivity contribution in [3.63, 3.8) is 0 Å². The van der Waals surface area contributed by atoms with Crippen LogP contribution in [0, 0.1) is 11.8 Å². The minimum atomic E-state index is -0.262. The largest absolute Gasteiger partial charge is 0.384 e. The summed E-state index contributed by atoms with van der Waals surface area (Å²) >= 11 is 5.84. The molecule has 136 valence electrons. The van der Waals surface area contributed by atoms with Crippen molar-refractivity contribution in [1.29, 1.82) is 0 Å². The van der Waals surface area contributed by atoms with Crippen molar-refractivity contribution in [3.8, 4) is 11.8 Å². The summed E-state index contributed by atoms with van der Waals surface area (Å²) in [7, 11) is 0. The highest BCUT2D eigenvalue weighted by atomic mass is 35.5. The van der Waals surface area contributed by atoms with E-state index in [1.807, 2.05) is 12.1 Å². The highest BCUT2D eigenvalue weighted by molar-refractivity contribution is 6.30. The van der Waals surface area contributed by atoms with Crippen molar-refractivity contribution in [2.45, 2.75) is 13.0 Å². The summed E-state index contributed by atoms with van der Waals surface area (Å²) in [6, 6.07) is 14.2. The molecule has 0 aliphatic carbocycles. The lowest BCUT2D eigenvalue weighted by Crippen LogP contribution is -2.28. The van der Waals surface area contributed by atoms with Crippen molar-refractivity contribution in [2.24, 2.45) is 0 Å². The molecule has 0 fully saturated rings. The lowest BCUT2D eigenvalue weighted by molar-refractivity contribution is -0.120. The molecule has 2 heterocycles. The maximum atomic E-state index is 12.7. The van der Waals surface area contributed by atoms with Gasteiger partial charge in [-0.25, -0.2) is 0 Å². The van der Waals surface area contributed by atoms with Gasteiger partial charge in [-0.3, -0.25) is 14.0 Å². The molecule has 1 amide bonds. The fourth-order valence-electron chi connectivity index (χ4n) is 2.62. The maximum Gasteiger partial charge on any atom is 0.258 e. The number of rotatable bonds is 4. The standard InChI is InChI=1S/C21H17ClN2O3/c22-18-7-3-15(4-8-18)13-23-20(26)12-17-6-10-19-9-5-16(2-1-11-25)14-24(19)21(17)27/h3-10,14,25H,11-13H2,(H,23,26). The van der Waals surface area contributed by atoms with Crippen LogP contribution in [-0.2, 0) is 17.8 Å². The van der Waals surface area contributed by atoms with Crippen LogP contribution in [-0.4, -0.2) is 22.0 Å². The first-order valence-electron chi connectivity index (χ1n) is 8.32. The Labute approximate surface area is 161 Å². The molecule has 1 aromatic carbocycles. The molecule has 0 saturated heterocycles. The summed E-state index contributed by atoms with van der Waals surface area (Å²) in [4.78, 5) is 24.9. The summed E-state index contributed by atoms with van der Waals surface area (Å²) in [5, 5.41) is 12.2. The predicted octanol–water partition coefficient (Wildman–Crippen LogP) is 2.16. The lowest BCUT2D eigenvalue weighted by atomic mass is 10.1. The fourth-order valence-corrected chi connectivity index (χ4v) is 2.75. The Morgan fingerprint density at radius 2 is 1.85 bits per heavy atom. The molecule has 3 aromatic rings. The second-order valence-electron chi connectivity index (χ2n) is 5.92. The molecule has 0 bridgehead atoms. The van der Waals surface area contributed by atoms with Crippen LogP contribution < -0.4 is 10.9 Å². The second-order valence-corrected chi connectivity index (χ2v) is 6.35. The van der Waals surface area contributed by atoms with E-state index in [0.717, 1.165) is 5.56 Å². The van der Waals surface area contributed by atoms with Gasteiger partial charge in [-0.15, -0.1) is 0 Å². The SMILES string of the molecule is O=C(Cc1ccc2ccc(C#CCO)cn2c1=O)NCc1ccc(Cl)cc1. The third-order valence-corrected chi connectivity index (χ3v) is 4.25. The number of aromatic nitrogens is 1. The zero-order valence-corrected chi connectivity index (χ0v) is 15.2. The molecule has 0 radical (unpaired) electrons. The smallest absolute Gasteiger partial charge is 0.258 e. The molecule has 0 spiro atoms. The Morgan fingerprint density at radius 1 is 1.11 bits per heavy atom. The van der Waals surface area contributed by atoms with E-state index in [2.05, 4.69) is 17.2 Å². The van der Waals surface area contributed by atoms with Crippen LogP contribution in [0.4, 0.5) is 0 Å². The molecule has 0 aliphatic rings. The summed E-state index contributed by atoms with van der Waals surface area (Å²) in [6.45, 7) is 0.118. The van der Waals surface area contributed by atoms with E-state index < -0.39 is 0 Å². The lowest BCUT2D eigenvalue weighted by Gasteiger charge is -2.07. The normalized spacial score (nSPS) is 10.3. The predicted molar refractivity (Wildman–Crippen MR) is 105 cm³/mol. The Balaban J connectivity index is 1.75. The van der Waals surface area contributed by atoms with Crippen molar-refractivity contribution in [2.75, 3.05) is 6.61 Å². The molecule has 27 heavy (non-hydrogen) atoms. The van der Waals surface area contributed by atoms with Gasteiger partial charge in [0.2, 0.25) is 5.91 Å². The van der Waals surface area contributed by atoms with Gasteiger partial charge >= 0.3 is 0 Å². The van der Waals surface area contributed by atoms with Crippen LogP contribution in [0.25, 0.3) is 5.52 Å². The topological polar surface area (TPSA) is 70.8 Å². The first-order chi connectivity index (χ1) is 13.1. The first kappa shape index (κ1) is 18.7. The first-order valence-corrected chi connectivity index (χ1v) is 8.70. The van der Waals surface area contributed by atoms with Crippen molar-refractivity contribution < 1.29 is 9.90 Å². The van der Waals surface area contributed by atoms with Gasteiger partial charge in [-0.1, -0.05) is 41.6 Å². The van der Waals surface area contributed by atoms with E-state index in [1.165, 1.54) is 4.40 Å². The zero-order valence-electron chi connectivity index (χ0n) is 14.4. The van der Waals surface area contributed by atoms with Crippen molar-refractivity contribution in [3.05, 3.63) is 86.8 Å². The molecule has 2 aromatic heterocycles. The number of amides is 1. The van der Waals surface area contributed by atoms with E-state index in [1.54, 1.807) is 42.6 Å². The van der Waals surface area contributed by atoms with Gasteiger partial charge in [-0.05, 0) is 35.9 Å². The number of benzene rings is 1. The number of carbonyl (C=O) groups excluding carboxylic acids is 1. The monoisotopic (exact) mass is 380 g/mol. The number of pyridine rings is 2. The number of fused-ring (bicyclic) bond motifs is 1. The second kappa shape index (κ2) is 8.54. The van der Waals surface area contributed by atoms with Gasteiger partial charge in [-0.2, -0.15) is 0 Å². The fraction of sp³-hybridized carbons (Fsp3) is 0.143. The van der Waals surface area contributed by atoms with Crippen LogP contribution in [0.15, 0.2) is 59.5 Å². The van der Waals surface area contributed by atoms with Gasteiger partial charge in [0.25, 0.3) is 5.56 Å². The number of nitrogens with one attached hydrogen (secondary N) is 1. The Morgan fingerprint density at radius 3 is 2.59 bits per heavy atom. The van der Waals surface area contributed by atoms with Gasteiger partial charge in [0.05, 0.1) is 6.42 Å². The van der Waals surface area contributed by atoms with Gasteiger partial charge < -0.3 is 10.4 Å². The van der Waals surface area contributed by atoms with E-state index >= 15 is 0 Å². The molecule has 0 unspecified atom stereocenters. The zero-order chi connectivity index (χ0) is 19.2. The molecule has 3 rings (SSSR count). The Kier molecular flexibility index (Phi) is 5.92. The molecular formula is C21H17ClN2O3. The van der Waals surface area contributed by atoms with Crippen LogP contribution >= 0.6 is 11.6 Å². The van der Waals surface area contributed by atoms with Gasteiger partial charge in [0.1, 0.15) is 6.61 Å². The number of hydrogen-bond acceptors (Lipinski definition) is 3. The third-order valence-electron chi connectivity index (χ3n) is 3.99. The van der Waals surface area contributed by atoms with Gasteiger partial charge in [0.15, 0.2) is 0 Å². The molecule has 0 saturated carbocycles. The third kappa shape index (κ3) is 4.76. The Hall–Kier alpha value is -3.07. The number of aliphatic hydroxyl groups is 1. The quantitative estimate of drug-likeness (QED) is 0.681. The molecule has 5 nitrogen and oxygen atoms in total. The van der Waals surface area contributed by atoms with Crippen molar-refractivity contribution in [1.82, 2.24) is 9.72 Å². The molecule has 6 heteroatoms. The molecule has 2 N–H and O–H groups in total. The van der Waals surface area contributed by atoms with E-state index in [0.29, 0.717) is 28.2 Å². The van der Waals surface area contributed by atoms with E-state index in [-0.39, 0.29) is 24.5 Å². The van der Waals surface area contributed by atoms with Crippen LogP contribution in [0.3, 0.4) is 0 Å². The van der Waals surface area contributed by atoms with Crippen LogP contribution in [0.2, 0.25) is 5.02 Å². The van der Waals surface area contributed by atoms with Crippen molar-refractivity contribution >= 4 is 23.0 Å². The summed E-state index contributed by atoms with van der Waals surface area (Å²) in [5.41, 5.74) is 2.38. The highest BCUT2D eigenvalue weighted by Gasteiger charge is 2.09. The van der Waals surface area contributed by atoms with E-state index in [4.69, 9.17) is 16.7 Å². The number of nitrogens with zero attached hydrogens (tertiary/aromatic N) is 1. The molecule has 0 atom stereocenters. The average Bonchev–Trinajstić information content (AvgIpc) is 2.68. The van der Waals surface area contributed by atoms with E-state index in [9.17, 15) is 9.59 Å². The summed E-state index contributed by atoms with van der Waals surface area (Å²) in [5.74, 6) is 5.08. The number of carbonyl (C=O) groups is 1.